The Hall–Kier alpha value is -0.300. The highest BCUT2D eigenvalue weighted by molar-refractivity contribution is 5.07. The minimum atomic E-state index is 0.542. The molecule has 1 nitrogen and oxygen atoms in total. The van der Waals surface area contributed by atoms with Crippen LogP contribution in [0.25, 0.3) is 0 Å². The Morgan fingerprint density at radius 1 is 1.27 bits per heavy atom. The van der Waals surface area contributed by atoms with Crippen LogP contribution in [0.4, 0.5) is 0 Å². The van der Waals surface area contributed by atoms with E-state index in [9.17, 15) is 0 Å². The fourth-order valence-corrected chi connectivity index (χ4v) is 4.29. The zero-order valence-electron chi connectivity index (χ0n) is 9.91. The van der Waals surface area contributed by atoms with E-state index >= 15 is 0 Å². The quantitative estimate of drug-likeness (QED) is 0.597. The van der Waals surface area contributed by atoms with Crippen LogP contribution in [-0.2, 0) is 4.74 Å². The standard InChI is InChI=1S/C14H22O/c1-9-5-6-15-13(7-9)14-10(2)11-3-4-12(14)8-11/h5,10-14H,3-4,6-8H2,1-2H3. The fraction of sp³-hybridized carbons (Fsp3) is 0.857. The second-order valence-corrected chi connectivity index (χ2v) is 5.90. The minimum absolute atomic E-state index is 0.542. The third-order valence-corrected chi connectivity index (χ3v) is 5.10. The lowest BCUT2D eigenvalue weighted by Crippen LogP contribution is -2.35. The minimum Gasteiger partial charge on any atom is -0.374 e. The summed E-state index contributed by atoms with van der Waals surface area (Å²) < 4.78 is 5.98. The maximum absolute atomic E-state index is 5.98. The predicted molar refractivity (Wildman–Crippen MR) is 61.6 cm³/mol. The van der Waals surface area contributed by atoms with Crippen LogP contribution in [0.3, 0.4) is 0 Å². The normalized spacial score (nSPS) is 49.5. The Morgan fingerprint density at radius 3 is 2.73 bits per heavy atom. The third kappa shape index (κ3) is 1.56. The Balaban J connectivity index is 1.75. The smallest absolute Gasteiger partial charge is 0.0654 e. The van der Waals surface area contributed by atoms with Crippen molar-refractivity contribution in [3.63, 3.8) is 0 Å². The highest BCUT2D eigenvalue weighted by Gasteiger charge is 2.48. The van der Waals surface area contributed by atoms with Gasteiger partial charge in [0.25, 0.3) is 0 Å². The molecule has 0 saturated heterocycles. The lowest BCUT2D eigenvalue weighted by molar-refractivity contribution is -0.0166. The van der Waals surface area contributed by atoms with Crippen LogP contribution in [-0.4, -0.2) is 12.7 Å². The zero-order valence-corrected chi connectivity index (χ0v) is 9.91. The molecule has 2 fully saturated rings. The molecule has 0 radical (unpaired) electrons. The molecule has 1 heterocycles. The van der Waals surface area contributed by atoms with Gasteiger partial charge in [0.1, 0.15) is 0 Å². The van der Waals surface area contributed by atoms with Crippen molar-refractivity contribution < 1.29 is 4.74 Å². The van der Waals surface area contributed by atoms with Crippen LogP contribution in [0.2, 0.25) is 0 Å². The van der Waals surface area contributed by atoms with Crippen molar-refractivity contribution in [3.8, 4) is 0 Å². The number of ether oxygens (including phenoxy) is 1. The fourth-order valence-electron chi connectivity index (χ4n) is 4.29. The molecule has 0 aromatic heterocycles. The molecule has 2 saturated carbocycles. The van der Waals surface area contributed by atoms with Gasteiger partial charge in [-0.15, -0.1) is 0 Å². The first-order valence-corrected chi connectivity index (χ1v) is 6.53. The third-order valence-electron chi connectivity index (χ3n) is 5.10. The molecule has 3 aliphatic rings. The van der Waals surface area contributed by atoms with Crippen LogP contribution in [0.1, 0.15) is 39.5 Å². The van der Waals surface area contributed by atoms with E-state index in [-0.39, 0.29) is 0 Å². The van der Waals surface area contributed by atoms with Gasteiger partial charge in [0.05, 0.1) is 12.7 Å². The molecule has 5 atom stereocenters. The summed E-state index contributed by atoms with van der Waals surface area (Å²) >= 11 is 0. The summed E-state index contributed by atoms with van der Waals surface area (Å²) in [5.41, 5.74) is 1.54. The lowest BCUT2D eigenvalue weighted by atomic mass is 9.75. The molecule has 1 aliphatic heterocycles. The van der Waals surface area contributed by atoms with E-state index in [2.05, 4.69) is 19.9 Å². The zero-order chi connectivity index (χ0) is 10.4. The van der Waals surface area contributed by atoms with Crippen LogP contribution in [0.15, 0.2) is 11.6 Å². The highest BCUT2D eigenvalue weighted by Crippen LogP contribution is 2.54. The second-order valence-electron chi connectivity index (χ2n) is 5.90. The van der Waals surface area contributed by atoms with Crippen molar-refractivity contribution in [2.24, 2.45) is 23.7 Å². The van der Waals surface area contributed by atoms with Crippen molar-refractivity contribution in [3.05, 3.63) is 11.6 Å². The summed E-state index contributed by atoms with van der Waals surface area (Å²) in [6.07, 6.45) is 8.44. The summed E-state index contributed by atoms with van der Waals surface area (Å²) in [5, 5.41) is 0. The Morgan fingerprint density at radius 2 is 2.07 bits per heavy atom. The van der Waals surface area contributed by atoms with Crippen molar-refractivity contribution >= 4 is 0 Å². The summed E-state index contributed by atoms with van der Waals surface area (Å²) in [6, 6.07) is 0. The van der Waals surface area contributed by atoms with Gasteiger partial charge in [0, 0.05) is 0 Å². The lowest BCUT2D eigenvalue weighted by Gasteiger charge is -2.36. The van der Waals surface area contributed by atoms with Gasteiger partial charge in [-0.3, -0.25) is 0 Å². The average molecular weight is 206 g/mol. The summed E-state index contributed by atoms with van der Waals surface area (Å²) in [7, 11) is 0. The molecule has 1 heteroatoms. The topological polar surface area (TPSA) is 9.23 Å². The van der Waals surface area contributed by atoms with Crippen LogP contribution in [0, 0.1) is 23.7 Å². The second kappa shape index (κ2) is 3.62. The molecule has 15 heavy (non-hydrogen) atoms. The molecule has 0 spiro atoms. The Kier molecular flexibility index (Phi) is 2.39. The first kappa shape index (κ1) is 9.89. The molecule has 0 amide bonds. The Labute approximate surface area is 92.9 Å². The monoisotopic (exact) mass is 206 g/mol. The van der Waals surface area contributed by atoms with Gasteiger partial charge in [0.2, 0.25) is 0 Å². The van der Waals surface area contributed by atoms with Crippen LogP contribution < -0.4 is 0 Å². The van der Waals surface area contributed by atoms with Gasteiger partial charge >= 0.3 is 0 Å². The number of hydrogen-bond donors (Lipinski definition) is 0. The van der Waals surface area contributed by atoms with Crippen molar-refractivity contribution in [1.82, 2.24) is 0 Å². The van der Waals surface area contributed by atoms with Crippen molar-refractivity contribution in [2.75, 3.05) is 6.61 Å². The van der Waals surface area contributed by atoms with Crippen LogP contribution >= 0.6 is 0 Å². The van der Waals surface area contributed by atoms with E-state index < -0.39 is 0 Å². The van der Waals surface area contributed by atoms with Gasteiger partial charge in [-0.2, -0.15) is 0 Å². The maximum atomic E-state index is 5.98. The van der Waals surface area contributed by atoms with E-state index in [0.29, 0.717) is 6.10 Å². The molecular weight excluding hydrogens is 184 g/mol. The van der Waals surface area contributed by atoms with E-state index in [4.69, 9.17) is 4.74 Å². The van der Waals surface area contributed by atoms with Gasteiger partial charge in [0.15, 0.2) is 0 Å². The largest absolute Gasteiger partial charge is 0.374 e. The summed E-state index contributed by atoms with van der Waals surface area (Å²) in [6.45, 7) is 5.58. The molecule has 2 aliphatic carbocycles. The number of hydrogen-bond acceptors (Lipinski definition) is 1. The van der Waals surface area contributed by atoms with Gasteiger partial charge in [-0.05, 0) is 56.3 Å². The van der Waals surface area contributed by atoms with Gasteiger partial charge < -0.3 is 4.74 Å². The number of rotatable bonds is 1. The van der Waals surface area contributed by atoms with Crippen molar-refractivity contribution in [1.29, 1.82) is 0 Å². The van der Waals surface area contributed by atoms with E-state index in [0.717, 1.165) is 30.3 Å². The SMILES string of the molecule is CC1=CCOC(C2C3CCC(C3)C2C)C1. The highest BCUT2D eigenvalue weighted by atomic mass is 16.5. The molecule has 2 bridgehead atoms. The summed E-state index contributed by atoms with van der Waals surface area (Å²) in [4.78, 5) is 0. The molecule has 0 N–H and O–H groups in total. The first-order chi connectivity index (χ1) is 7.25. The van der Waals surface area contributed by atoms with Gasteiger partial charge in [-0.25, -0.2) is 0 Å². The molecule has 3 rings (SSSR count). The molecule has 84 valence electrons. The molecular formula is C14H22O. The molecule has 5 unspecified atom stereocenters. The van der Waals surface area contributed by atoms with E-state index in [1.54, 1.807) is 5.57 Å². The molecule has 0 aromatic carbocycles. The van der Waals surface area contributed by atoms with Crippen molar-refractivity contribution in [2.45, 2.75) is 45.6 Å². The van der Waals surface area contributed by atoms with Crippen LogP contribution in [0.5, 0.6) is 0 Å². The van der Waals surface area contributed by atoms with E-state index in [1.807, 2.05) is 0 Å². The average Bonchev–Trinajstić information content (AvgIpc) is 2.77. The van der Waals surface area contributed by atoms with Gasteiger partial charge in [-0.1, -0.05) is 18.6 Å². The maximum Gasteiger partial charge on any atom is 0.0654 e. The molecule has 0 aromatic rings. The Bertz CT molecular complexity index is 279. The first-order valence-electron chi connectivity index (χ1n) is 6.53. The number of fused-ring (bicyclic) bond motifs is 2. The predicted octanol–water partition coefficient (Wildman–Crippen LogP) is 3.40. The van der Waals surface area contributed by atoms with E-state index in [1.165, 1.54) is 25.7 Å². The summed E-state index contributed by atoms with van der Waals surface area (Å²) in [5.74, 6) is 3.79.